The van der Waals surface area contributed by atoms with Crippen LogP contribution in [0.4, 0.5) is 4.39 Å². The number of carbonyl (C=O) groups is 1. The van der Waals surface area contributed by atoms with E-state index in [1.165, 1.54) is 12.1 Å². The molecule has 35 heavy (non-hydrogen) atoms. The number of amides is 1. The van der Waals surface area contributed by atoms with Gasteiger partial charge in [-0.25, -0.2) is 4.39 Å². The van der Waals surface area contributed by atoms with E-state index in [1.54, 1.807) is 12.1 Å². The molecule has 2 N–H and O–H groups in total. The highest BCUT2D eigenvalue weighted by molar-refractivity contribution is 5.91. The summed E-state index contributed by atoms with van der Waals surface area (Å²) in [6.45, 7) is 4.17. The topological polar surface area (TPSA) is 86.3 Å². The number of allylic oxidation sites excluding steroid dienone is 1. The minimum Gasteiger partial charge on any atom is -0.459 e. The van der Waals surface area contributed by atoms with Crippen molar-refractivity contribution >= 4 is 5.91 Å². The summed E-state index contributed by atoms with van der Waals surface area (Å²) in [5.41, 5.74) is 1.84. The van der Waals surface area contributed by atoms with Crippen molar-refractivity contribution in [1.82, 2.24) is 5.32 Å². The van der Waals surface area contributed by atoms with Gasteiger partial charge in [0.1, 0.15) is 5.82 Å². The average Bonchev–Trinajstić information content (AvgIpc) is 2.88. The molecule has 1 aliphatic heterocycles. The van der Waals surface area contributed by atoms with Gasteiger partial charge in [-0.05, 0) is 42.7 Å². The number of hydrogen-bond acceptors (Lipinski definition) is 6. The van der Waals surface area contributed by atoms with Gasteiger partial charge in [0.25, 0.3) is 5.91 Å². The van der Waals surface area contributed by atoms with Gasteiger partial charge in [0.2, 0.25) is 6.29 Å². The first kappa shape index (κ1) is 26.8. The molecule has 190 valence electrons. The van der Waals surface area contributed by atoms with Gasteiger partial charge in [-0.15, -0.1) is 0 Å². The molecule has 1 amide bonds. The quantitative estimate of drug-likeness (QED) is 0.397. The zero-order valence-electron chi connectivity index (χ0n) is 20.0. The molecule has 0 saturated heterocycles. The van der Waals surface area contributed by atoms with Crippen LogP contribution in [0.15, 0.2) is 66.4 Å². The minimum absolute atomic E-state index is 0.0135. The maximum absolute atomic E-state index is 13.2. The third-order valence-corrected chi connectivity index (χ3v) is 5.69. The van der Waals surface area contributed by atoms with E-state index >= 15 is 0 Å². The lowest BCUT2D eigenvalue weighted by atomic mass is 9.81. The lowest BCUT2D eigenvalue weighted by Crippen LogP contribution is -2.39. The van der Waals surface area contributed by atoms with Crippen LogP contribution in [0.2, 0.25) is 0 Å². The Kier molecular flexibility index (Phi) is 11.2. The number of ether oxygens (including phenoxy) is 4. The van der Waals surface area contributed by atoms with Crippen LogP contribution in [-0.4, -0.2) is 56.9 Å². The third-order valence-electron chi connectivity index (χ3n) is 5.69. The van der Waals surface area contributed by atoms with E-state index in [1.807, 2.05) is 43.3 Å². The number of rotatable bonds is 14. The predicted molar refractivity (Wildman–Crippen MR) is 129 cm³/mol. The van der Waals surface area contributed by atoms with Crippen molar-refractivity contribution in [3.63, 3.8) is 0 Å². The molecule has 2 aromatic carbocycles. The van der Waals surface area contributed by atoms with Crippen LogP contribution in [0.5, 0.6) is 0 Å². The van der Waals surface area contributed by atoms with Crippen molar-refractivity contribution in [3.05, 3.63) is 83.4 Å². The number of aliphatic hydroxyl groups excluding tert-OH is 1. The molecule has 0 radical (unpaired) electrons. The van der Waals surface area contributed by atoms with Gasteiger partial charge in [0, 0.05) is 31.6 Å². The summed E-state index contributed by atoms with van der Waals surface area (Å²) >= 11 is 0. The van der Waals surface area contributed by atoms with E-state index in [4.69, 9.17) is 24.1 Å². The van der Waals surface area contributed by atoms with E-state index in [0.29, 0.717) is 39.5 Å². The second-order valence-electron chi connectivity index (χ2n) is 8.12. The summed E-state index contributed by atoms with van der Waals surface area (Å²) in [6.07, 6.45) is 1.89. The summed E-state index contributed by atoms with van der Waals surface area (Å²) in [6, 6.07) is 15.9. The van der Waals surface area contributed by atoms with Crippen molar-refractivity contribution in [2.75, 3.05) is 39.6 Å². The predicted octanol–water partition coefficient (Wildman–Crippen LogP) is 3.53. The zero-order valence-corrected chi connectivity index (χ0v) is 20.0. The Morgan fingerprint density at radius 3 is 2.43 bits per heavy atom. The Hall–Kier alpha value is -2.78. The molecule has 0 spiro atoms. The summed E-state index contributed by atoms with van der Waals surface area (Å²) in [4.78, 5) is 13.0. The van der Waals surface area contributed by atoms with E-state index in [2.05, 4.69) is 5.32 Å². The first-order valence-corrected chi connectivity index (χ1v) is 12.0. The molecule has 0 fully saturated rings. The molecule has 1 aliphatic rings. The summed E-state index contributed by atoms with van der Waals surface area (Å²) in [7, 11) is 0. The maximum atomic E-state index is 13.2. The van der Waals surface area contributed by atoms with Gasteiger partial charge >= 0.3 is 0 Å². The van der Waals surface area contributed by atoms with Crippen LogP contribution in [0.3, 0.4) is 0 Å². The Labute approximate surface area is 205 Å². The standard InChI is InChI=1S/C27H34FNO6/c1-2-34-27-23(12-14-32-16-17-33-15-13-30)24(21-6-4-3-5-7-21)18-25(35-27)26(31)29-19-20-8-10-22(28)11-9-20/h3-11,18,23-24,27,30H,2,12-17,19H2,1H3,(H,29,31)/t23-,24+,27+/m1/s1. The van der Waals surface area contributed by atoms with Crippen molar-refractivity contribution < 1.29 is 33.2 Å². The van der Waals surface area contributed by atoms with Gasteiger partial charge < -0.3 is 29.4 Å². The fourth-order valence-electron chi connectivity index (χ4n) is 3.97. The molecule has 0 aromatic heterocycles. The van der Waals surface area contributed by atoms with Crippen LogP contribution in [0.25, 0.3) is 0 Å². The molecule has 0 aliphatic carbocycles. The Balaban J connectivity index is 1.70. The fraction of sp³-hybridized carbons (Fsp3) is 0.444. The molecule has 0 bridgehead atoms. The van der Waals surface area contributed by atoms with Crippen LogP contribution in [-0.2, 0) is 30.3 Å². The fourth-order valence-corrected chi connectivity index (χ4v) is 3.97. The number of nitrogens with one attached hydrogen (secondary N) is 1. The van der Waals surface area contributed by atoms with Gasteiger partial charge in [0.15, 0.2) is 5.76 Å². The van der Waals surface area contributed by atoms with E-state index in [0.717, 1.165) is 11.1 Å². The lowest BCUT2D eigenvalue weighted by molar-refractivity contribution is -0.168. The Bertz CT molecular complexity index is 921. The summed E-state index contributed by atoms with van der Waals surface area (Å²) in [5.74, 6) is -0.646. The van der Waals surface area contributed by atoms with Crippen LogP contribution < -0.4 is 5.32 Å². The maximum Gasteiger partial charge on any atom is 0.286 e. The van der Waals surface area contributed by atoms with Crippen molar-refractivity contribution in [3.8, 4) is 0 Å². The van der Waals surface area contributed by atoms with Gasteiger partial charge in [-0.2, -0.15) is 0 Å². The summed E-state index contributed by atoms with van der Waals surface area (Å²) in [5, 5.41) is 11.6. The molecule has 0 unspecified atom stereocenters. The SMILES string of the molecule is CCO[C@H]1OC(C(=O)NCc2ccc(F)cc2)=C[C@@H](c2ccccc2)[C@H]1CCOCCOCCO. The van der Waals surface area contributed by atoms with Crippen LogP contribution >= 0.6 is 0 Å². The first-order valence-electron chi connectivity index (χ1n) is 12.0. The Morgan fingerprint density at radius 2 is 1.74 bits per heavy atom. The Morgan fingerprint density at radius 1 is 1.03 bits per heavy atom. The van der Waals surface area contributed by atoms with Gasteiger partial charge in [0.05, 0.1) is 26.4 Å². The highest BCUT2D eigenvalue weighted by atomic mass is 19.1. The third kappa shape index (κ3) is 8.43. The number of carbonyl (C=O) groups excluding carboxylic acids is 1. The van der Waals surface area contributed by atoms with Gasteiger partial charge in [-0.3, -0.25) is 4.79 Å². The molecular formula is C27H34FNO6. The average molecular weight is 488 g/mol. The largest absolute Gasteiger partial charge is 0.459 e. The minimum atomic E-state index is -0.615. The van der Waals surface area contributed by atoms with Crippen LogP contribution in [0.1, 0.15) is 30.4 Å². The molecule has 1 heterocycles. The molecule has 7 nitrogen and oxygen atoms in total. The van der Waals surface area contributed by atoms with E-state index in [9.17, 15) is 9.18 Å². The number of benzene rings is 2. The molecular weight excluding hydrogens is 453 g/mol. The second-order valence-corrected chi connectivity index (χ2v) is 8.12. The smallest absolute Gasteiger partial charge is 0.286 e. The van der Waals surface area contributed by atoms with Crippen molar-refractivity contribution in [2.24, 2.45) is 5.92 Å². The van der Waals surface area contributed by atoms with Crippen molar-refractivity contribution in [1.29, 1.82) is 0 Å². The molecule has 8 heteroatoms. The van der Waals surface area contributed by atoms with Crippen molar-refractivity contribution in [2.45, 2.75) is 32.1 Å². The highest BCUT2D eigenvalue weighted by Gasteiger charge is 2.37. The first-order chi connectivity index (χ1) is 17.1. The summed E-state index contributed by atoms with van der Waals surface area (Å²) < 4.78 is 36.1. The number of hydrogen-bond donors (Lipinski definition) is 2. The monoisotopic (exact) mass is 487 g/mol. The number of halogens is 1. The highest BCUT2D eigenvalue weighted by Crippen LogP contribution is 2.38. The zero-order chi connectivity index (χ0) is 24.9. The number of aliphatic hydroxyl groups is 1. The molecule has 2 aromatic rings. The second kappa shape index (κ2) is 14.6. The normalized spacial score (nSPS) is 19.6. The molecule has 3 atom stereocenters. The van der Waals surface area contributed by atoms with E-state index in [-0.39, 0.29) is 42.5 Å². The van der Waals surface area contributed by atoms with Crippen LogP contribution in [0, 0.1) is 11.7 Å². The lowest BCUT2D eigenvalue weighted by Gasteiger charge is -2.37. The van der Waals surface area contributed by atoms with E-state index < -0.39 is 6.29 Å². The molecule has 3 rings (SSSR count). The van der Waals surface area contributed by atoms with Gasteiger partial charge in [-0.1, -0.05) is 42.5 Å². The molecule has 0 saturated carbocycles.